The molecule has 0 spiro atoms. The largest absolute Gasteiger partial charge is 0.507 e. The minimum Gasteiger partial charge on any atom is -0.507 e. The van der Waals surface area contributed by atoms with Crippen LogP contribution >= 0.6 is 0 Å². The van der Waals surface area contributed by atoms with Crippen LogP contribution in [0.2, 0.25) is 0 Å². The molecule has 0 heterocycles. The van der Waals surface area contributed by atoms with E-state index in [0.29, 0.717) is 11.4 Å². The molecule has 0 fully saturated rings. The van der Waals surface area contributed by atoms with Gasteiger partial charge in [-0.15, -0.1) is 0 Å². The van der Waals surface area contributed by atoms with Gasteiger partial charge in [-0.3, -0.25) is 4.79 Å². The molecule has 0 aromatic heterocycles. The zero-order chi connectivity index (χ0) is 21.0. The van der Waals surface area contributed by atoms with Crippen LogP contribution in [0.5, 0.6) is 5.75 Å². The van der Waals surface area contributed by atoms with Gasteiger partial charge >= 0.3 is 0 Å². The van der Waals surface area contributed by atoms with Crippen LogP contribution in [0.1, 0.15) is 67.3 Å². The summed E-state index contributed by atoms with van der Waals surface area (Å²) < 4.78 is 0. The van der Waals surface area contributed by atoms with Crippen LogP contribution in [0.25, 0.3) is 6.08 Å². The molecule has 0 bridgehead atoms. The quantitative estimate of drug-likeness (QED) is 0.511. The van der Waals surface area contributed by atoms with Crippen molar-refractivity contribution < 1.29 is 9.90 Å². The summed E-state index contributed by atoms with van der Waals surface area (Å²) in [5.74, 6) is 0.0981. The van der Waals surface area contributed by atoms with Crippen molar-refractivity contribution in [3.63, 3.8) is 0 Å². The second-order valence-corrected chi connectivity index (χ2v) is 7.80. The Bertz CT molecular complexity index is 934. The first-order valence-electron chi connectivity index (χ1n) is 9.51. The van der Waals surface area contributed by atoms with Crippen molar-refractivity contribution in [1.29, 1.82) is 5.26 Å². The number of carbonyl (C=O) groups is 1. The van der Waals surface area contributed by atoms with Gasteiger partial charge in [0, 0.05) is 5.69 Å². The van der Waals surface area contributed by atoms with E-state index in [1.54, 1.807) is 6.08 Å². The summed E-state index contributed by atoms with van der Waals surface area (Å²) in [4.78, 5) is 12.6. The number of nitrogens with zero attached hydrogens (tertiary/aromatic N) is 1. The van der Waals surface area contributed by atoms with Crippen molar-refractivity contribution in [2.45, 2.75) is 53.4 Å². The fourth-order valence-corrected chi connectivity index (χ4v) is 3.13. The number of carbonyl (C=O) groups excluding carboxylic acids is 1. The number of hydrogen-bond donors (Lipinski definition) is 2. The van der Waals surface area contributed by atoms with Crippen molar-refractivity contribution in [1.82, 2.24) is 0 Å². The minimum absolute atomic E-state index is 0.0232. The number of benzene rings is 2. The summed E-state index contributed by atoms with van der Waals surface area (Å²) in [5.41, 5.74) is 5.12. The number of phenolic OH excluding ortho intramolecular Hbond substituents is 1. The zero-order valence-corrected chi connectivity index (χ0v) is 17.4. The lowest BCUT2D eigenvalue weighted by molar-refractivity contribution is -0.112. The molecule has 2 rings (SSSR count). The van der Waals surface area contributed by atoms with Crippen molar-refractivity contribution >= 4 is 17.7 Å². The first-order valence-corrected chi connectivity index (χ1v) is 9.51. The Morgan fingerprint density at radius 3 is 2.11 bits per heavy atom. The highest BCUT2D eigenvalue weighted by Crippen LogP contribution is 2.35. The molecule has 28 heavy (non-hydrogen) atoms. The van der Waals surface area contributed by atoms with Crippen LogP contribution in [0, 0.1) is 25.2 Å². The predicted molar refractivity (Wildman–Crippen MR) is 114 cm³/mol. The Morgan fingerprint density at radius 2 is 1.64 bits per heavy atom. The lowest BCUT2D eigenvalue weighted by atomic mass is 9.91. The van der Waals surface area contributed by atoms with E-state index in [9.17, 15) is 15.2 Å². The number of hydrogen-bond acceptors (Lipinski definition) is 3. The van der Waals surface area contributed by atoms with Gasteiger partial charge in [-0.25, -0.2) is 0 Å². The van der Waals surface area contributed by atoms with Crippen molar-refractivity contribution in [2.24, 2.45) is 0 Å². The minimum atomic E-state index is -0.445. The van der Waals surface area contributed by atoms with Gasteiger partial charge < -0.3 is 10.4 Å². The molecule has 0 saturated heterocycles. The monoisotopic (exact) mass is 376 g/mol. The lowest BCUT2D eigenvalue weighted by Gasteiger charge is -2.16. The van der Waals surface area contributed by atoms with E-state index >= 15 is 0 Å². The molecule has 4 nitrogen and oxygen atoms in total. The normalized spacial score (nSPS) is 11.6. The second-order valence-electron chi connectivity index (χ2n) is 7.80. The molecule has 0 aliphatic rings. The van der Waals surface area contributed by atoms with Gasteiger partial charge in [-0.05, 0) is 72.2 Å². The Balaban J connectivity index is 2.43. The van der Waals surface area contributed by atoms with Gasteiger partial charge in [0.15, 0.2) is 0 Å². The van der Waals surface area contributed by atoms with E-state index in [1.807, 2.05) is 77.9 Å². The highest BCUT2D eigenvalue weighted by Gasteiger charge is 2.16. The molecule has 0 aliphatic carbocycles. The summed E-state index contributed by atoms with van der Waals surface area (Å²) in [6.45, 7) is 11.9. The standard InChI is InChI=1S/C24H28N2O2/c1-14(2)20-11-18(12-21(15(3)4)23(20)27)10-19(13-25)24(28)26-22-8-7-16(5)9-17(22)6/h7-12,14-15,27H,1-6H3,(H,26,28)/b19-10+. The third-order valence-corrected chi connectivity index (χ3v) is 4.74. The van der Waals surface area contributed by atoms with Crippen molar-refractivity contribution in [2.75, 3.05) is 5.32 Å². The fourth-order valence-electron chi connectivity index (χ4n) is 3.13. The van der Waals surface area contributed by atoms with E-state index < -0.39 is 5.91 Å². The van der Waals surface area contributed by atoms with Crippen LogP contribution in [0.15, 0.2) is 35.9 Å². The second kappa shape index (κ2) is 8.75. The smallest absolute Gasteiger partial charge is 0.266 e. The number of anilines is 1. The van der Waals surface area contributed by atoms with E-state index in [-0.39, 0.29) is 17.4 Å². The lowest BCUT2D eigenvalue weighted by Crippen LogP contribution is -2.14. The Labute approximate surface area is 167 Å². The van der Waals surface area contributed by atoms with Crippen LogP contribution in [0.4, 0.5) is 5.69 Å². The van der Waals surface area contributed by atoms with Gasteiger partial charge in [-0.2, -0.15) is 5.26 Å². The van der Waals surface area contributed by atoms with E-state index in [0.717, 1.165) is 27.8 Å². The fraction of sp³-hybridized carbons (Fsp3) is 0.333. The molecular weight excluding hydrogens is 348 g/mol. The molecule has 1 amide bonds. The molecule has 2 aromatic carbocycles. The zero-order valence-electron chi connectivity index (χ0n) is 17.4. The molecular formula is C24H28N2O2. The number of amides is 1. The number of phenols is 1. The third-order valence-electron chi connectivity index (χ3n) is 4.74. The Kier molecular flexibility index (Phi) is 6.64. The maximum atomic E-state index is 12.6. The number of aryl methyl sites for hydroxylation is 2. The molecule has 2 aromatic rings. The maximum Gasteiger partial charge on any atom is 0.266 e. The van der Waals surface area contributed by atoms with Crippen molar-refractivity contribution in [3.8, 4) is 11.8 Å². The highest BCUT2D eigenvalue weighted by atomic mass is 16.3. The Morgan fingerprint density at radius 1 is 1.07 bits per heavy atom. The van der Waals surface area contributed by atoms with Gasteiger partial charge in [-0.1, -0.05) is 45.4 Å². The third kappa shape index (κ3) is 4.80. The summed E-state index contributed by atoms with van der Waals surface area (Å²) in [7, 11) is 0. The topological polar surface area (TPSA) is 73.1 Å². The highest BCUT2D eigenvalue weighted by molar-refractivity contribution is 6.10. The van der Waals surface area contributed by atoms with Crippen LogP contribution < -0.4 is 5.32 Å². The summed E-state index contributed by atoms with van der Waals surface area (Å²) >= 11 is 0. The van der Waals surface area contributed by atoms with Gasteiger partial charge in [0.2, 0.25) is 0 Å². The number of nitriles is 1. The van der Waals surface area contributed by atoms with Gasteiger partial charge in [0.1, 0.15) is 17.4 Å². The average molecular weight is 377 g/mol. The molecule has 0 radical (unpaired) electrons. The number of aromatic hydroxyl groups is 1. The molecule has 0 unspecified atom stereocenters. The van der Waals surface area contributed by atoms with Crippen molar-refractivity contribution in [3.05, 3.63) is 63.7 Å². The van der Waals surface area contributed by atoms with E-state index in [4.69, 9.17) is 0 Å². The molecule has 0 aliphatic heterocycles. The van der Waals surface area contributed by atoms with Crippen LogP contribution in [-0.4, -0.2) is 11.0 Å². The summed E-state index contributed by atoms with van der Waals surface area (Å²) in [6.07, 6.45) is 1.58. The number of nitrogens with one attached hydrogen (secondary N) is 1. The van der Waals surface area contributed by atoms with Gasteiger partial charge in [0.25, 0.3) is 5.91 Å². The van der Waals surface area contributed by atoms with Crippen LogP contribution in [-0.2, 0) is 4.79 Å². The van der Waals surface area contributed by atoms with Gasteiger partial charge in [0.05, 0.1) is 0 Å². The summed E-state index contributed by atoms with van der Waals surface area (Å²) in [6, 6.07) is 11.4. The van der Waals surface area contributed by atoms with E-state index in [2.05, 4.69) is 5.32 Å². The van der Waals surface area contributed by atoms with Crippen LogP contribution in [0.3, 0.4) is 0 Å². The van der Waals surface area contributed by atoms with E-state index in [1.165, 1.54) is 0 Å². The molecule has 4 heteroatoms. The molecule has 0 saturated carbocycles. The molecule has 2 N–H and O–H groups in total. The first-order chi connectivity index (χ1) is 13.1. The Hall–Kier alpha value is -3.06. The maximum absolute atomic E-state index is 12.6. The molecule has 0 atom stereocenters. The SMILES string of the molecule is Cc1ccc(NC(=O)/C(C#N)=C/c2cc(C(C)C)c(O)c(C(C)C)c2)c(C)c1. The average Bonchev–Trinajstić information content (AvgIpc) is 2.62. The summed E-state index contributed by atoms with van der Waals surface area (Å²) in [5, 5.41) is 22.9. The predicted octanol–water partition coefficient (Wildman–Crippen LogP) is 5.80. The first kappa shape index (κ1) is 21.2. The number of rotatable bonds is 5. The molecule has 146 valence electrons.